The Balaban J connectivity index is 1.40. The number of hydrogen-bond acceptors (Lipinski definition) is 5. The molecule has 2 aromatic carbocycles. The quantitative estimate of drug-likeness (QED) is 0.762. The lowest BCUT2D eigenvalue weighted by molar-refractivity contribution is -0.118. The average Bonchev–Trinajstić information content (AvgIpc) is 3.30. The summed E-state index contributed by atoms with van der Waals surface area (Å²) in [4.78, 5) is 38.7. The zero-order chi connectivity index (χ0) is 20.4. The molecule has 1 atom stereocenters. The second kappa shape index (κ2) is 8.05. The Morgan fingerprint density at radius 1 is 1.17 bits per heavy atom. The first kappa shape index (κ1) is 19.1. The van der Waals surface area contributed by atoms with Crippen molar-refractivity contribution < 1.29 is 23.9 Å². The molecule has 1 N–H and O–H groups in total. The number of carbonyl (C=O) groups excluding carboxylic acids is 3. The number of benzene rings is 2. The molecule has 0 spiro atoms. The highest BCUT2D eigenvalue weighted by atomic mass is 16.5. The van der Waals surface area contributed by atoms with Gasteiger partial charge in [0.15, 0.2) is 6.61 Å². The zero-order valence-electron chi connectivity index (χ0n) is 16.1. The number of amides is 3. The van der Waals surface area contributed by atoms with Crippen LogP contribution < -0.4 is 10.1 Å². The number of anilines is 1. The van der Waals surface area contributed by atoms with Crippen molar-refractivity contribution >= 4 is 23.4 Å². The van der Waals surface area contributed by atoms with Gasteiger partial charge in [-0.1, -0.05) is 12.1 Å². The lowest BCUT2D eigenvalue weighted by atomic mass is 10.1. The van der Waals surface area contributed by atoms with Gasteiger partial charge in [0.05, 0.1) is 23.8 Å². The van der Waals surface area contributed by atoms with Gasteiger partial charge in [0.1, 0.15) is 5.75 Å². The highest BCUT2D eigenvalue weighted by Gasteiger charge is 2.37. The van der Waals surface area contributed by atoms with Gasteiger partial charge < -0.3 is 14.8 Å². The first-order chi connectivity index (χ1) is 14.0. The van der Waals surface area contributed by atoms with Crippen LogP contribution in [0, 0.1) is 6.92 Å². The van der Waals surface area contributed by atoms with Crippen molar-refractivity contribution in [2.75, 3.05) is 25.1 Å². The number of nitrogens with one attached hydrogen (secondary N) is 1. The van der Waals surface area contributed by atoms with Crippen LogP contribution >= 0.6 is 0 Å². The van der Waals surface area contributed by atoms with E-state index >= 15 is 0 Å². The molecule has 7 heteroatoms. The average molecular weight is 394 g/mol. The molecule has 2 aliphatic rings. The van der Waals surface area contributed by atoms with Crippen LogP contribution in [0.1, 0.15) is 39.1 Å². The number of nitrogens with zero attached hydrogens (tertiary/aromatic N) is 1. The summed E-state index contributed by atoms with van der Waals surface area (Å²) in [6, 6.07) is 12.1. The molecule has 0 bridgehead atoms. The number of hydrogen-bond donors (Lipinski definition) is 1. The van der Waals surface area contributed by atoms with Crippen LogP contribution in [0.3, 0.4) is 0 Å². The first-order valence-corrected chi connectivity index (χ1v) is 9.62. The fourth-order valence-electron chi connectivity index (χ4n) is 3.58. The molecule has 2 aliphatic heterocycles. The standard InChI is InChI=1S/C22H22N2O5/c1-14-4-2-5-16(10-14)29-13-20(25)23-15-7-8-18-19(11-15)22(27)24(21(18)26)12-17-6-3-9-28-17/h2,4-5,7-8,10-11,17H,3,6,9,12-13H2,1H3,(H,23,25). The number of imide groups is 1. The molecule has 1 saturated heterocycles. The van der Waals surface area contributed by atoms with Gasteiger partial charge in [0, 0.05) is 12.3 Å². The molecule has 3 amide bonds. The minimum atomic E-state index is -0.354. The van der Waals surface area contributed by atoms with Gasteiger partial charge in [-0.15, -0.1) is 0 Å². The molecule has 29 heavy (non-hydrogen) atoms. The smallest absolute Gasteiger partial charge is 0.262 e. The van der Waals surface area contributed by atoms with Gasteiger partial charge in [0.25, 0.3) is 17.7 Å². The Kier molecular flexibility index (Phi) is 5.31. The lowest BCUT2D eigenvalue weighted by Gasteiger charge is -2.17. The minimum Gasteiger partial charge on any atom is -0.484 e. The summed E-state index contributed by atoms with van der Waals surface area (Å²) >= 11 is 0. The van der Waals surface area contributed by atoms with Crippen molar-refractivity contribution in [3.05, 3.63) is 59.2 Å². The van der Waals surface area contributed by atoms with Gasteiger partial charge in [-0.25, -0.2) is 0 Å². The maximum atomic E-state index is 12.7. The fourth-order valence-corrected chi connectivity index (χ4v) is 3.58. The summed E-state index contributed by atoms with van der Waals surface area (Å²) in [6.07, 6.45) is 1.68. The molecule has 1 unspecified atom stereocenters. The molecule has 0 radical (unpaired) electrons. The molecular formula is C22H22N2O5. The highest BCUT2D eigenvalue weighted by molar-refractivity contribution is 6.21. The highest BCUT2D eigenvalue weighted by Crippen LogP contribution is 2.27. The molecule has 4 rings (SSSR count). The van der Waals surface area contributed by atoms with E-state index in [2.05, 4.69) is 5.32 Å². The van der Waals surface area contributed by atoms with Crippen LogP contribution in [-0.2, 0) is 9.53 Å². The summed E-state index contributed by atoms with van der Waals surface area (Å²) < 4.78 is 11.0. The van der Waals surface area contributed by atoms with E-state index in [1.165, 1.54) is 11.0 Å². The summed E-state index contributed by atoms with van der Waals surface area (Å²) in [5.41, 5.74) is 2.13. The number of rotatable bonds is 6. The summed E-state index contributed by atoms with van der Waals surface area (Å²) in [5, 5.41) is 2.71. The number of ether oxygens (including phenoxy) is 2. The Morgan fingerprint density at radius 3 is 2.76 bits per heavy atom. The van der Waals surface area contributed by atoms with Crippen LogP contribution in [0.15, 0.2) is 42.5 Å². The van der Waals surface area contributed by atoms with Gasteiger partial charge in [-0.3, -0.25) is 19.3 Å². The first-order valence-electron chi connectivity index (χ1n) is 9.62. The predicted octanol–water partition coefficient (Wildman–Crippen LogP) is 2.79. The normalized spacial score (nSPS) is 18.1. The van der Waals surface area contributed by atoms with Crippen molar-refractivity contribution in [2.45, 2.75) is 25.9 Å². The Morgan fingerprint density at radius 2 is 2.00 bits per heavy atom. The molecule has 0 saturated carbocycles. The van der Waals surface area contributed by atoms with Gasteiger partial charge in [0.2, 0.25) is 0 Å². The van der Waals surface area contributed by atoms with E-state index in [9.17, 15) is 14.4 Å². The Labute approximate surface area is 168 Å². The van der Waals surface area contributed by atoms with Crippen LogP contribution in [0.4, 0.5) is 5.69 Å². The van der Waals surface area contributed by atoms with E-state index < -0.39 is 0 Å². The van der Waals surface area contributed by atoms with E-state index in [0.717, 1.165) is 18.4 Å². The van der Waals surface area contributed by atoms with E-state index in [4.69, 9.17) is 9.47 Å². The lowest BCUT2D eigenvalue weighted by Crippen LogP contribution is -2.36. The molecule has 2 heterocycles. The Bertz CT molecular complexity index is 965. The number of fused-ring (bicyclic) bond motifs is 1. The summed E-state index contributed by atoms with van der Waals surface area (Å²) in [6.45, 7) is 2.71. The van der Waals surface area contributed by atoms with Crippen LogP contribution in [-0.4, -0.2) is 48.5 Å². The number of carbonyl (C=O) groups is 3. The van der Waals surface area contributed by atoms with E-state index in [1.54, 1.807) is 18.2 Å². The van der Waals surface area contributed by atoms with E-state index in [-0.39, 0.29) is 37.0 Å². The summed E-state index contributed by atoms with van der Waals surface area (Å²) in [5.74, 6) is -0.409. The zero-order valence-corrected chi connectivity index (χ0v) is 16.1. The van der Waals surface area contributed by atoms with Gasteiger partial charge in [-0.05, 0) is 55.7 Å². The SMILES string of the molecule is Cc1cccc(OCC(=O)Nc2ccc3c(c2)C(=O)N(CC2CCCO2)C3=O)c1. The van der Waals surface area contributed by atoms with E-state index in [1.807, 2.05) is 25.1 Å². The van der Waals surface area contributed by atoms with Crippen molar-refractivity contribution in [2.24, 2.45) is 0 Å². The molecule has 0 aromatic heterocycles. The third-order valence-corrected chi connectivity index (χ3v) is 5.02. The van der Waals surface area contributed by atoms with Crippen molar-refractivity contribution in [1.29, 1.82) is 0 Å². The molecule has 150 valence electrons. The topological polar surface area (TPSA) is 84.9 Å². The largest absolute Gasteiger partial charge is 0.484 e. The molecular weight excluding hydrogens is 372 g/mol. The molecule has 1 fully saturated rings. The van der Waals surface area contributed by atoms with Gasteiger partial charge >= 0.3 is 0 Å². The second-order valence-corrected chi connectivity index (χ2v) is 7.27. The van der Waals surface area contributed by atoms with Crippen LogP contribution in [0.25, 0.3) is 0 Å². The summed E-state index contributed by atoms with van der Waals surface area (Å²) in [7, 11) is 0. The maximum Gasteiger partial charge on any atom is 0.262 e. The van der Waals surface area contributed by atoms with Crippen molar-refractivity contribution in [3.63, 3.8) is 0 Å². The number of aryl methyl sites for hydroxylation is 1. The molecule has 2 aromatic rings. The monoisotopic (exact) mass is 394 g/mol. The third kappa shape index (κ3) is 4.14. The Hall–Kier alpha value is -3.19. The van der Waals surface area contributed by atoms with Crippen LogP contribution in [0.5, 0.6) is 5.75 Å². The van der Waals surface area contributed by atoms with E-state index in [0.29, 0.717) is 29.2 Å². The molecule has 0 aliphatic carbocycles. The maximum absolute atomic E-state index is 12.7. The predicted molar refractivity (Wildman–Crippen MR) is 106 cm³/mol. The van der Waals surface area contributed by atoms with Crippen LogP contribution in [0.2, 0.25) is 0 Å². The minimum absolute atomic E-state index is 0.102. The van der Waals surface area contributed by atoms with Gasteiger partial charge in [-0.2, -0.15) is 0 Å². The third-order valence-electron chi connectivity index (χ3n) is 5.02. The van der Waals surface area contributed by atoms with Crippen molar-refractivity contribution in [1.82, 2.24) is 4.90 Å². The second-order valence-electron chi connectivity index (χ2n) is 7.27. The fraction of sp³-hybridized carbons (Fsp3) is 0.318. The van der Waals surface area contributed by atoms with Crippen molar-refractivity contribution in [3.8, 4) is 5.75 Å². The molecule has 7 nitrogen and oxygen atoms in total.